The molecule has 1 atom stereocenters. The predicted molar refractivity (Wildman–Crippen MR) is 99.0 cm³/mol. The highest BCUT2D eigenvalue weighted by Gasteiger charge is 2.16. The van der Waals surface area contributed by atoms with Gasteiger partial charge in [0.15, 0.2) is 0 Å². The van der Waals surface area contributed by atoms with E-state index in [-0.39, 0.29) is 0 Å². The highest BCUT2D eigenvalue weighted by Crippen LogP contribution is 2.23. The number of aryl methyl sites for hydroxylation is 1. The van der Waals surface area contributed by atoms with Crippen molar-refractivity contribution >= 4 is 29.2 Å². The molecule has 0 saturated heterocycles. The molecule has 5 heteroatoms. The van der Waals surface area contributed by atoms with Crippen molar-refractivity contribution in [2.45, 2.75) is 31.7 Å². The van der Waals surface area contributed by atoms with Crippen LogP contribution in [0.3, 0.4) is 0 Å². The molecule has 128 valence electrons. The third-order valence-corrected chi connectivity index (χ3v) is 4.59. The second-order valence-corrected chi connectivity index (χ2v) is 6.55. The Morgan fingerprint density at radius 1 is 1.00 bits per heavy atom. The first kappa shape index (κ1) is 18.8. The molecule has 2 rings (SSSR count). The van der Waals surface area contributed by atoms with Crippen molar-refractivity contribution in [3.63, 3.8) is 0 Å². The van der Waals surface area contributed by atoms with E-state index in [1.54, 1.807) is 6.07 Å². The second kappa shape index (κ2) is 9.67. The molecule has 0 spiro atoms. The van der Waals surface area contributed by atoms with Crippen LogP contribution in [0.15, 0.2) is 48.5 Å². The van der Waals surface area contributed by atoms with Gasteiger partial charge in [0.1, 0.15) is 6.04 Å². The number of benzene rings is 2. The van der Waals surface area contributed by atoms with Gasteiger partial charge in [0.05, 0.1) is 10.0 Å². The van der Waals surface area contributed by atoms with E-state index in [9.17, 15) is 9.90 Å². The zero-order chi connectivity index (χ0) is 17.4. The Morgan fingerprint density at radius 2 is 1.75 bits per heavy atom. The van der Waals surface area contributed by atoms with Crippen LogP contribution in [-0.4, -0.2) is 23.7 Å². The second-order valence-electron chi connectivity index (χ2n) is 5.74. The molecule has 24 heavy (non-hydrogen) atoms. The Bertz CT molecular complexity index is 662. The highest BCUT2D eigenvalue weighted by atomic mass is 35.5. The van der Waals surface area contributed by atoms with Gasteiger partial charge in [-0.2, -0.15) is 0 Å². The normalized spacial score (nSPS) is 12.1. The van der Waals surface area contributed by atoms with E-state index in [0.29, 0.717) is 23.0 Å². The van der Waals surface area contributed by atoms with E-state index in [1.165, 1.54) is 0 Å². The van der Waals surface area contributed by atoms with Gasteiger partial charge in [-0.05, 0) is 55.5 Å². The molecule has 0 radical (unpaired) electrons. The minimum atomic E-state index is -0.816. The summed E-state index contributed by atoms with van der Waals surface area (Å²) >= 11 is 11.9. The maximum absolute atomic E-state index is 11.4. The molecule has 0 aliphatic heterocycles. The van der Waals surface area contributed by atoms with E-state index < -0.39 is 12.0 Å². The maximum atomic E-state index is 11.4. The Kier molecular flexibility index (Phi) is 7.57. The number of carboxylic acids is 1. The van der Waals surface area contributed by atoms with Gasteiger partial charge in [-0.1, -0.05) is 59.6 Å². The fourth-order valence-corrected chi connectivity index (χ4v) is 2.84. The molecule has 0 unspecified atom stereocenters. The van der Waals surface area contributed by atoms with Crippen LogP contribution >= 0.6 is 23.2 Å². The number of hydrogen-bond donors (Lipinski definition) is 2. The number of carboxylic acid groups (broad SMARTS) is 1. The van der Waals surface area contributed by atoms with Gasteiger partial charge in [0.25, 0.3) is 0 Å². The van der Waals surface area contributed by atoms with Gasteiger partial charge in [0.2, 0.25) is 0 Å². The molecular formula is C19H21Cl2NO2. The highest BCUT2D eigenvalue weighted by molar-refractivity contribution is 6.42. The van der Waals surface area contributed by atoms with Gasteiger partial charge in [0, 0.05) is 0 Å². The molecule has 0 saturated carbocycles. The number of rotatable bonds is 9. The zero-order valence-corrected chi connectivity index (χ0v) is 14.9. The molecule has 0 amide bonds. The van der Waals surface area contributed by atoms with Crippen molar-refractivity contribution in [2.24, 2.45) is 0 Å². The quantitative estimate of drug-likeness (QED) is 0.638. The lowest BCUT2D eigenvalue weighted by Gasteiger charge is -2.14. The fourth-order valence-electron chi connectivity index (χ4n) is 2.52. The molecule has 2 aromatic rings. The lowest BCUT2D eigenvalue weighted by Crippen LogP contribution is -2.39. The zero-order valence-electron chi connectivity index (χ0n) is 13.3. The number of nitrogens with one attached hydrogen (secondary N) is 1. The minimum Gasteiger partial charge on any atom is -0.480 e. The molecule has 0 aromatic heterocycles. The summed E-state index contributed by atoms with van der Waals surface area (Å²) < 4.78 is 0. The lowest BCUT2D eigenvalue weighted by molar-refractivity contribution is -0.139. The molecular weight excluding hydrogens is 345 g/mol. The molecule has 0 heterocycles. The van der Waals surface area contributed by atoms with Crippen LogP contribution in [-0.2, 0) is 17.6 Å². The van der Waals surface area contributed by atoms with Crippen molar-refractivity contribution in [3.05, 3.63) is 69.7 Å². The summed E-state index contributed by atoms with van der Waals surface area (Å²) in [6.07, 6.45) is 3.25. The Balaban J connectivity index is 1.72. The van der Waals surface area contributed by atoms with Crippen molar-refractivity contribution in [3.8, 4) is 0 Å². The summed E-state index contributed by atoms with van der Waals surface area (Å²) in [5, 5.41) is 13.6. The molecule has 3 nitrogen and oxygen atoms in total. The van der Waals surface area contributed by atoms with Gasteiger partial charge in [-0.25, -0.2) is 0 Å². The lowest BCUT2D eigenvalue weighted by atomic mass is 10.1. The first-order valence-corrected chi connectivity index (χ1v) is 8.76. The topological polar surface area (TPSA) is 49.3 Å². The van der Waals surface area contributed by atoms with Crippen LogP contribution in [0.1, 0.15) is 24.0 Å². The van der Waals surface area contributed by atoms with Crippen LogP contribution in [0.2, 0.25) is 10.0 Å². The largest absolute Gasteiger partial charge is 0.480 e. The Hall–Kier alpha value is -1.55. The summed E-state index contributed by atoms with van der Waals surface area (Å²) in [7, 11) is 0. The fraction of sp³-hybridized carbons (Fsp3) is 0.316. The molecule has 2 N–H and O–H groups in total. The summed E-state index contributed by atoms with van der Waals surface area (Å²) in [6, 6.07) is 14.8. The van der Waals surface area contributed by atoms with Crippen LogP contribution in [0.4, 0.5) is 0 Å². The van der Waals surface area contributed by atoms with Crippen molar-refractivity contribution in [1.82, 2.24) is 5.32 Å². The summed E-state index contributed by atoms with van der Waals surface area (Å²) in [4.78, 5) is 11.4. The van der Waals surface area contributed by atoms with Crippen molar-refractivity contribution in [1.29, 1.82) is 0 Å². The van der Waals surface area contributed by atoms with E-state index >= 15 is 0 Å². The van der Waals surface area contributed by atoms with Gasteiger partial charge in [-0.15, -0.1) is 0 Å². The number of hydrogen-bond acceptors (Lipinski definition) is 2. The van der Waals surface area contributed by atoms with E-state index in [4.69, 9.17) is 23.2 Å². The van der Waals surface area contributed by atoms with Gasteiger partial charge in [-0.3, -0.25) is 4.79 Å². The van der Waals surface area contributed by atoms with E-state index in [1.807, 2.05) is 42.5 Å². The number of halogens is 2. The summed E-state index contributed by atoms with van der Waals surface area (Å²) in [6.45, 7) is 0.672. The molecule has 0 bridgehead atoms. The average molecular weight is 366 g/mol. The Morgan fingerprint density at radius 3 is 2.42 bits per heavy atom. The smallest absolute Gasteiger partial charge is 0.321 e. The van der Waals surface area contributed by atoms with Crippen LogP contribution in [0, 0.1) is 0 Å². The molecule has 0 aliphatic rings. The van der Waals surface area contributed by atoms with Crippen molar-refractivity contribution in [2.75, 3.05) is 6.54 Å². The van der Waals surface area contributed by atoms with E-state index in [0.717, 1.165) is 30.4 Å². The molecule has 2 aromatic carbocycles. The van der Waals surface area contributed by atoms with Crippen molar-refractivity contribution < 1.29 is 9.90 Å². The first-order valence-electron chi connectivity index (χ1n) is 8.00. The number of unbranched alkanes of at least 4 members (excludes halogenated alkanes) is 1. The average Bonchev–Trinajstić information content (AvgIpc) is 2.57. The maximum Gasteiger partial charge on any atom is 0.321 e. The Labute approximate surface area is 152 Å². The summed E-state index contributed by atoms with van der Waals surface area (Å²) in [5.74, 6) is -0.816. The first-order chi connectivity index (χ1) is 11.6. The van der Waals surface area contributed by atoms with Crippen LogP contribution < -0.4 is 5.32 Å². The predicted octanol–water partition coefficient (Wildman–Crippen LogP) is 4.60. The van der Waals surface area contributed by atoms with Crippen LogP contribution in [0.25, 0.3) is 0 Å². The minimum absolute atomic E-state index is 0.489. The standard InChI is InChI=1S/C19H21Cl2NO2/c20-16-10-9-15(12-17(16)21)8-4-5-11-22-18(19(23)24)13-14-6-2-1-3-7-14/h1-3,6-7,9-10,12,18,22H,4-5,8,11,13H2,(H,23,24)/t18-/m0/s1. The third-order valence-electron chi connectivity index (χ3n) is 3.85. The van der Waals surface area contributed by atoms with Crippen LogP contribution in [0.5, 0.6) is 0 Å². The molecule has 0 fully saturated rings. The summed E-state index contributed by atoms with van der Waals surface area (Å²) in [5.41, 5.74) is 2.16. The molecule has 0 aliphatic carbocycles. The van der Waals surface area contributed by atoms with E-state index in [2.05, 4.69) is 5.32 Å². The number of aliphatic carboxylic acids is 1. The third kappa shape index (κ3) is 6.16. The van der Waals surface area contributed by atoms with Gasteiger partial charge >= 0.3 is 5.97 Å². The number of carbonyl (C=O) groups is 1. The van der Waals surface area contributed by atoms with Gasteiger partial charge < -0.3 is 10.4 Å². The SMILES string of the molecule is O=C(O)[C@H](Cc1ccccc1)NCCCCc1ccc(Cl)c(Cl)c1. The monoisotopic (exact) mass is 365 g/mol.